The van der Waals surface area contributed by atoms with E-state index in [-0.39, 0.29) is 6.04 Å². The van der Waals surface area contributed by atoms with Crippen LogP contribution >= 0.6 is 0 Å². The maximum Gasteiger partial charge on any atom is 0.0680 e. The second kappa shape index (κ2) is 4.34. The third-order valence-electron chi connectivity index (χ3n) is 3.13. The van der Waals surface area contributed by atoms with Crippen molar-refractivity contribution in [2.45, 2.75) is 33.7 Å². The van der Waals surface area contributed by atoms with Gasteiger partial charge in [-0.1, -0.05) is 12.1 Å². The molecular weight excluding hydrogens is 210 g/mol. The minimum absolute atomic E-state index is 0.0221. The topological polar surface area (TPSA) is 43.8 Å². The van der Waals surface area contributed by atoms with Gasteiger partial charge in [0.1, 0.15) is 0 Å². The van der Waals surface area contributed by atoms with E-state index in [1.807, 2.05) is 17.8 Å². The highest BCUT2D eigenvalue weighted by atomic mass is 15.3. The number of aryl methyl sites for hydroxylation is 2. The number of hydrogen-bond acceptors (Lipinski definition) is 2. The molecular formula is C14H19N3. The van der Waals surface area contributed by atoms with Crippen molar-refractivity contribution >= 4 is 0 Å². The Labute approximate surface area is 102 Å². The SMILES string of the molecule is Cc1ccc(C)c(-n2ncc(C(C)N)c2C)c1. The smallest absolute Gasteiger partial charge is 0.0680 e. The first kappa shape index (κ1) is 11.9. The van der Waals surface area contributed by atoms with Crippen LogP contribution in [-0.4, -0.2) is 9.78 Å². The Bertz CT molecular complexity index is 538. The minimum atomic E-state index is 0.0221. The van der Waals surface area contributed by atoms with Crippen molar-refractivity contribution in [1.82, 2.24) is 9.78 Å². The van der Waals surface area contributed by atoms with Crippen LogP contribution < -0.4 is 5.73 Å². The molecule has 2 rings (SSSR count). The molecule has 90 valence electrons. The third kappa shape index (κ3) is 2.11. The summed E-state index contributed by atoms with van der Waals surface area (Å²) in [5, 5.41) is 4.45. The Morgan fingerprint density at radius 1 is 1.24 bits per heavy atom. The summed E-state index contributed by atoms with van der Waals surface area (Å²) in [6.07, 6.45) is 1.86. The van der Waals surface area contributed by atoms with Gasteiger partial charge in [-0.15, -0.1) is 0 Å². The zero-order chi connectivity index (χ0) is 12.6. The quantitative estimate of drug-likeness (QED) is 0.860. The van der Waals surface area contributed by atoms with Crippen LogP contribution in [0.15, 0.2) is 24.4 Å². The van der Waals surface area contributed by atoms with Crippen molar-refractivity contribution in [3.05, 3.63) is 46.8 Å². The van der Waals surface area contributed by atoms with Gasteiger partial charge in [0.15, 0.2) is 0 Å². The molecule has 3 heteroatoms. The third-order valence-corrected chi connectivity index (χ3v) is 3.13. The lowest BCUT2D eigenvalue weighted by molar-refractivity contribution is 0.795. The zero-order valence-electron chi connectivity index (χ0n) is 10.9. The van der Waals surface area contributed by atoms with Crippen LogP contribution in [0.2, 0.25) is 0 Å². The zero-order valence-corrected chi connectivity index (χ0v) is 10.9. The average Bonchev–Trinajstić information content (AvgIpc) is 2.64. The molecule has 0 aliphatic carbocycles. The second-order valence-electron chi connectivity index (χ2n) is 4.68. The molecule has 1 atom stereocenters. The normalized spacial score (nSPS) is 12.8. The Kier molecular flexibility index (Phi) is 3.03. The van der Waals surface area contributed by atoms with E-state index in [9.17, 15) is 0 Å². The molecule has 0 aliphatic rings. The number of benzene rings is 1. The molecule has 0 saturated heterocycles. The summed E-state index contributed by atoms with van der Waals surface area (Å²) in [4.78, 5) is 0. The second-order valence-corrected chi connectivity index (χ2v) is 4.68. The molecule has 1 unspecified atom stereocenters. The van der Waals surface area contributed by atoms with Crippen molar-refractivity contribution in [2.24, 2.45) is 5.73 Å². The van der Waals surface area contributed by atoms with E-state index in [0.29, 0.717) is 0 Å². The van der Waals surface area contributed by atoms with E-state index in [1.165, 1.54) is 11.1 Å². The Morgan fingerprint density at radius 2 is 1.94 bits per heavy atom. The van der Waals surface area contributed by atoms with Crippen LogP contribution in [0.5, 0.6) is 0 Å². The summed E-state index contributed by atoms with van der Waals surface area (Å²) < 4.78 is 1.97. The van der Waals surface area contributed by atoms with Gasteiger partial charge in [0.2, 0.25) is 0 Å². The molecule has 0 aliphatic heterocycles. The highest BCUT2D eigenvalue weighted by Crippen LogP contribution is 2.21. The van der Waals surface area contributed by atoms with E-state index >= 15 is 0 Å². The molecule has 0 radical (unpaired) electrons. The van der Waals surface area contributed by atoms with Gasteiger partial charge < -0.3 is 5.73 Å². The largest absolute Gasteiger partial charge is 0.324 e. The lowest BCUT2D eigenvalue weighted by atomic mass is 10.1. The number of nitrogens with two attached hydrogens (primary N) is 1. The summed E-state index contributed by atoms with van der Waals surface area (Å²) in [7, 11) is 0. The fourth-order valence-electron chi connectivity index (χ4n) is 2.06. The Balaban J connectivity index is 2.57. The van der Waals surface area contributed by atoms with Crippen molar-refractivity contribution in [3.8, 4) is 5.69 Å². The maximum absolute atomic E-state index is 5.92. The van der Waals surface area contributed by atoms with Crippen LogP contribution in [0.3, 0.4) is 0 Å². The first-order chi connectivity index (χ1) is 8.00. The van der Waals surface area contributed by atoms with Crippen LogP contribution in [0, 0.1) is 20.8 Å². The fourth-order valence-corrected chi connectivity index (χ4v) is 2.06. The van der Waals surface area contributed by atoms with E-state index in [2.05, 4.69) is 44.1 Å². The van der Waals surface area contributed by atoms with Gasteiger partial charge in [-0.3, -0.25) is 0 Å². The predicted octanol–water partition coefficient (Wildman–Crippen LogP) is 2.82. The van der Waals surface area contributed by atoms with Gasteiger partial charge >= 0.3 is 0 Å². The van der Waals surface area contributed by atoms with E-state index in [0.717, 1.165) is 16.9 Å². The van der Waals surface area contributed by atoms with Crippen molar-refractivity contribution in [2.75, 3.05) is 0 Å². The van der Waals surface area contributed by atoms with Gasteiger partial charge in [0, 0.05) is 17.3 Å². The lowest BCUT2D eigenvalue weighted by Gasteiger charge is -2.10. The van der Waals surface area contributed by atoms with E-state index < -0.39 is 0 Å². The van der Waals surface area contributed by atoms with E-state index in [1.54, 1.807) is 0 Å². The number of rotatable bonds is 2. The minimum Gasteiger partial charge on any atom is -0.324 e. The lowest BCUT2D eigenvalue weighted by Crippen LogP contribution is -2.07. The average molecular weight is 229 g/mol. The summed E-state index contributed by atoms with van der Waals surface area (Å²) in [5.41, 5.74) is 11.7. The Morgan fingerprint density at radius 3 is 2.53 bits per heavy atom. The molecule has 0 spiro atoms. The fraction of sp³-hybridized carbons (Fsp3) is 0.357. The molecule has 0 bridgehead atoms. The summed E-state index contributed by atoms with van der Waals surface area (Å²) >= 11 is 0. The van der Waals surface area contributed by atoms with Gasteiger partial charge in [0.05, 0.1) is 11.9 Å². The van der Waals surface area contributed by atoms with Gasteiger partial charge in [0.25, 0.3) is 0 Å². The van der Waals surface area contributed by atoms with Crippen molar-refractivity contribution in [3.63, 3.8) is 0 Å². The number of aromatic nitrogens is 2. The number of hydrogen-bond donors (Lipinski definition) is 1. The highest BCUT2D eigenvalue weighted by Gasteiger charge is 2.12. The predicted molar refractivity (Wildman–Crippen MR) is 70.4 cm³/mol. The van der Waals surface area contributed by atoms with Crippen LogP contribution in [0.1, 0.15) is 35.3 Å². The van der Waals surface area contributed by atoms with Gasteiger partial charge in [-0.25, -0.2) is 4.68 Å². The monoisotopic (exact) mass is 229 g/mol. The molecule has 2 N–H and O–H groups in total. The summed E-state index contributed by atoms with van der Waals surface area (Å²) in [5.74, 6) is 0. The first-order valence-corrected chi connectivity index (χ1v) is 5.88. The summed E-state index contributed by atoms with van der Waals surface area (Å²) in [6, 6.07) is 6.41. The summed E-state index contributed by atoms with van der Waals surface area (Å²) in [6.45, 7) is 8.24. The highest BCUT2D eigenvalue weighted by molar-refractivity contribution is 5.44. The number of nitrogens with zero attached hydrogens (tertiary/aromatic N) is 2. The van der Waals surface area contributed by atoms with Gasteiger partial charge in [-0.05, 0) is 44.9 Å². The molecule has 17 heavy (non-hydrogen) atoms. The molecule has 2 aromatic rings. The Hall–Kier alpha value is -1.61. The van der Waals surface area contributed by atoms with Crippen LogP contribution in [0.4, 0.5) is 0 Å². The molecule has 0 amide bonds. The van der Waals surface area contributed by atoms with Crippen LogP contribution in [-0.2, 0) is 0 Å². The standard InChI is InChI=1S/C14H19N3/c1-9-5-6-10(2)14(7-9)17-12(4)13(8-16-17)11(3)15/h5-8,11H,15H2,1-4H3. The van der Waals surface area contributed by atoms with Crippen LogP contribution in [0.25, 0.3) is 5.69 Å². The first-order valence-electron chi connectivity index (χ1n) is 5.88. The molecule has 1 aromatic heterocycles. The van der Waals surface area contributed by atoms with Crippen molar-refractivity contribution in [1.29, 1.82) is 0 Å². The molecule has 1 heterocycles. The van der Waals surface area contributed by atoms with Gasteiger partial charge in [-0.2, -0.15) is 5.10 Å². The molecule has 0 fully saturated rings. The molecule has 0 saturated carbocycles. The van der Waals surface area contributed by atoms with E-state index in [4.69, 9.17) is 5.73 Å². The molecule has 1 aromatic carbocycles. The van der Waals surface area contributed by atoms with Crippen molar-refractivity contribution < 1.29 is 0 Å². The molecule has 3 nitrogen and oxygen atoms in total. The maximum atomic E-state index is 5.92.